The third-order valence-electron chi connectivity index (χ3n) is 2.45. The summed E-state index contributed by atoms with van der Waals surface area (Å²) in [6.45, 7) is 1.48. The summed E-state index contributed by atoms with van der Waals surface area (Å²) in [5.74, 6) is -2.03. The molecule has 100 valence electrons. The van der Waals surface area contributed by atoms with E-state index in [1.54, 1.807) is 6.07 Å². The summed E-state index contributed by atoms with van der Waals surface area (Å²) in [6.07, 6.45) is 1.08. The molecular weight excluding hydrogens is 265 g/mol. The molecule has 20 heavy (non-hydrogen) atoms. The first-order valence-corrected chi connectivity index (χ1v) is 5.45. The van der Waals surface area contributed by atoms with E-state index >= 15 is 0 Å². The molecule has 0 saturated heterocycles. The Hall–Kier alpha value is -3.01. The van der Waals surface area contributed by atoms with E-state index in [1.807, 2.05) is 0 Å². The summed E-state index contributed by atoms with van der Waals surface area (Å²) >= 11 is 0. The van der Waals surface area contributed by atoms with Crippen LogP contribution >= 0.6 is 0 Å². The van der Waals surface area contributed by atoms with Gasteiger partial charge < -0.3 is 9.84 Å². The quantitative estimate of drug-likeness (QED) is 0.921. The predicted octanol–water partition coefficient (Wildman–Crippen LogP) is 2.29. The van der Waals surface area contributed by atoms with Crippen LogP contribution in [-0.2, 0) is 0 Å². The van der Waals surface area contributed by atoms with Gasteiger partial charge in [-0.1, -0.05) is 0 Å². The molecule has 1 aromatic carbocycles. The second-order valence-electron chi connectivity index (χ2n) is 3.82. The lowest BCUT2D eigenvalue weighted by atomic mass is 10.2. The Morgan fingerprint density at radius 1 is 1.50 bits per heavy atom. The summed E-state index contributed by atoms with van der Waals surface area (Å²) in [5, 5.41) is 17.5. The van der Waals surface area contributed by atoms with Crippen molar-refractivity contribution in [2.75, 3.05) is 0 Å². The van der Waals surface area contributed by atoms with Gasteiger partial charge in [-0.2, -0.15) is 10.2 Å². The van der Waals surface area contributed by atoms with Crippen LogP contribution in [0.2, 0.25) is 0 Å². The zero-order chi connectivity index (χ0) is 14.7. The zero-order valence-corrected chi connectivity index (χ0v) is 10.3. The van der Waals surface area contributed by atoms with E-state index in [4.69, 9.17) is 15.1 Å². The van der Waals surface area contributed by atoms with E-state index in [2.05, 4.69) is 9.97 Å². The van der Waals surface area contributed by atoms with Gasteiger partial charge in [-0.25, -0.2) is 14.2 Å². The number of nitriles is 1. The lowest BCUT2D eigenvalue weighted by Crippen LogP contribution is -2.04. The molecule has 0 saturated carbocycles. The van der Waals surface area contributed by atoms with Gasteiger partial charge in [0.05, 0.1) is 22.9 Å². The van der Waals surface area contributed by atoms with Crippen molar-refractivity contribution in [2.24, 2.45) is 0 Å². The van der Waals surface area contributed by atoms with Crippen molar-refractivity contribution in [3.05, 3.63) is 47.0 Å². The minimum absolute atomic E-state index is 0.0577. The number of rotatable bonds is 3. The van der Waals surface area contributed by atoms with Gasteiger partial charge in [0.1, 0.15) is 0 Å². The number of benzene rings is 1. The smallest absolute Gasteiger partial charge is 0.339 e. The SMILES string of the molecule is Cc1nc(Oc2ccc(C#N)cc2F)ncc1C(=O)O. The molecule has 6 nitrogen and oxygen atoms in total. The van der Waals surface area contributed by atoms with E-state index in [0.29, 0.717) is 0 Å². The maximum atomic E-state index is 13.6. The van der Waals surface area contributed by atoms with Crippen LogP contribution in [0.5, 0.6) is 11.8 Å². The third kappa shape index (κ3) is 2.70. The Bertz CT molecular complexity index is 725. The molecule has 0 atom stereocenters. The van der Waals surface area contributed by atoms with Gasteiger partial charge in [-0.05, 0) is 25.1 Å². The molecule has 0 bridgehead atoms. The normalized spacial score (nSPS) is 9.85. The molecule has 0 spiro atoms. The fourth-order valence-corrected chi connectivity index (χ4v) is 1.46. The van der Waals surface area contributed by atoms with E-state index in [9.17, 15) is 9.18 Å². The summed E-state index contributed by atoms with van der Waals surface area (Å²) in [4.78, 5) is 18.3. The van der Waals surface area contributed by atoms with Crippen LogP contribution in [0.15, 0.2) is 24.4 Å². The number of aromatic carboxylic acids is 1. The fraction of sp³-hybridized carbons (Fsp3) is 0.0769. The van der Waals surface area contributed by atoms with Gasteiger partial charge in [0.2, 0.25) is 0 Å². The number of hydrogen-bond donors (Lipinski definition) is 1. The van der Waals surface area contributed by atoms with Gasteiger partial charge in [0.15, 0.2) is 11.6 Å². The number of nitrogens with zero attached hydrogens (tertiary/aromatic N) is 3. The van der Waals surface area contributed by atoms with Crippen molar-refractivity contribution < 1.29 is 19.0 Å². The summed E-state index contributed by atoms with van der Waals surface area (Å²) in [7, 11) is 0. The van der Waals surface area contributed by atoms with E-state index in [0.717, 1.165) is 12.3 Å². The van der Waals surface area contributed by atoms with Gasteiger partial charge in [-0.15, -0.1) is 0 Å². The highest BCUT2D eigenvalue weighted by molar-refractivity contribution is 5.88. The first-order chi connectivity index (χ1) is 9.51. The number of carbonyl (C=O) groups is 1. The third-order valence-corrected chi connectivity index (χ3v) is 2.45. The highest BCUT2D eigenvalue weighted by Gasteiger charge is 2.12. The van der Waals surface area contributed by atoms with Crippen LogP contribution in [0.25, 0.3) is 0 Å². The summed E-state index contributed by atoms with van der Waals surface area (Å²) in [6, 6.07) is 5.31. The highest BCUT2D eigenvalue weighted by Crippen LogP contribution is 2.23. The van der Waals surface area contributed by atoms with Crippen molar-refractivity contribution in [1.29, 1.82) is 5.26 Å². The maximum absolute atomic E-state index is 13.6. The number of aromatic nitrogens is 2. The van der Waals surface area contributed by atoms with Crippen molar-refractivity contribution in [3.63, 3.8) is 0 Å². The Morgan fingerprint density at radius 2 is 2.25 bits per heavy atom. The van der Waals surface area contributed by atoms with Crippen LogP contribution in [0, 0.1) is 24.1 Å². The zero-order valence-electron chi connectivity index (χ0n) is 10.3. The van der Waals surface area contributed by atoms with Crippen LogP contribution in [0.1, 0.15) is 21.6 Å². The molecule has 0 aliphatic rings. The minimum atomic E-state index is -1.15. The number of ether oxygens (including phenoxy) is 1. The van der Waals surface area contributed by atoms with Crippen LogP contribution in [-0.4, -0.2) is 21.0 Å². The lowest BCUT2D eigenvalue weighted by molar-refractivity contribution is 0.0695. The summed E-state index contributed by atoms with van der Waals surface area (Å²) < 4.78 is 18.7. The number of aryl methyl sites for hydroxylation is 1. The molecule has 2 rings (SSSR count). The standard InChI is InChI=1S/C13H8FN3O3/c1-7-9(12(18)19)6-16-13(17-7)20-11-3-2-8(5-15)4-10(11)14/h2-4,6H,1H3,(H,18,19). The van der Waals surface area contributed by atoms with E-state index in [1.165, 1.54) is 19.1 Å². The number of carboxylic acids is 1. The first kappa shape index (κ1) is 13.4. The molecule has 0 radical (unpaired) electrons. The van der Waals surface area contributed by atoms with E-state index in [-0.39, 0.29) is 28.6 Å². The van der Waals surface area contributed by atoms with Crippen LogP contribution in [0.4, 0.5) is 4.39 Å². The molecule has 1 aromatic heterocycles. The molecular formula is C13H8FN3O3. The van der Waals surface area contributed by atoms with Gasteiger partial charge in [-0.3, -0.25) is 0 Å². The second kappa shape index (κ2) is 5.32. The molecule has 0 amide bonds. The Balaban J connectivity index is 2.29. The number of hydrogen-bond acceptors (Lipinski definition) is 5. The van der Waals surface area contributed by atoms with Crippen molar-refractivity contribution >= 4 is 5.97 Å². The molecule has 0 aliphatic carbocycles. The molecule has 0 aliphatic heterocycles. The molecule has 2 aromatic rings. The number of halogens is 1. The van der Waals surface area contributed by atoms with Crippen molar-refractivity contribution in [1.82, 2.24) is 9.97 Å². The van der Waals surface area contributed by atoms with Crippen LogP contribution in [0.3, 0.4) is 0 Å². The maximum Gasteiger partial charge on any atom is 0.339 e. The van der Waals surface area contributed by atoms with Crippen molar-refractivity contribution in [3.8, 4) is 17.8 Å². The number of carboxylic acid groups (broad SMARTS) is 1. The average molecular weight is 273 g/mol. The highest BCUT2D eigenvalue weighted by atomic mass is 19.1. The van der Waals surface area contributed by atoms with Crippen molar-refractivity contribution in [2.45, 2.75) is 6.92 Å². The van der Waals surface area contributed by atoms with Gasteiger partial charge in [0, 0.05) is 6.20 Å². The van der Waals surface area contributed by atoms with Crippen LogP contribution < -0.4 is 4.74 Å². The molecule has 0 fully saturated rings. The molecule has 1 heterocycles. The molecule has 0 unspecified atom stereocenters. The monoisotopic (exact) mass is 273 g/mol. The summed E-state index contributed by atoms with van der Waals surface area (Å²) in [5.41, 5.74) is 0.308. The Morgan fingerprint density at radius 3 is 2.80 bits per heavy atom. The first-order valence-electron chi connectivity index (χ1n) is 5.45. The topological polar surface area (TPSA) is 96.1 Å². The largest absolute Gasteiger partial charge is 0.478 e. The molecule has 1 N–H and O–H groups in total. The second-order valence-corrected chi connectivity index (χ2v) is 3.82. The van der Waals surface area contributed by atoms with E-state index < -0.39 is 11.8 Å². The van der Waals surface area contributed by atoms with Gasteiger partial charge in [0.25, 0.3) is 0 Å². The average Bonchev–Trinajstić information content (AvgIpc) is 2.40. The predicted molar refractivity (Wildman–Crippen MR) is 64.9 cm³/mol. The fourth-order valence-electron chi connectivity index (χ4n) is 1.46. The van der Waals surface area contributed by atoms with Gasteiger partial charge >= 0.3 is 12.0 Å². The Labute approximate surface area is 113 Å². The Kier molecular flexibility index (Phi) is 3.57. The minimum Gasteiger partial charge on any atom is -0.478 e. The lowest BCUT2D eigenvalue weighted by Gasteiger charge is -2.06. The molecule has 7 heteroatoms.